The zero-order valence-corrected chi connectivity index (χ0v) is 15.4. The molecule has 1 aromatic heterocycles. The molecular weight excluding hydrogens is 489 g/mol. The number of aliphatic hydroxyl groups excluding tert-OH is 1. The number of carbonyl (C=O) groups excluding carboxylic acids is 1. The first kappa shape index (κ1) is 20.0. The molecule has 6 heteroatoms. The maximum absolute atomic E-state index is 13.9. The second kappa shape index (κ2) is 9.96. The number of alkyl halides is 1. The number of hydrogen-bond donors (Lipinski definition) is 1. The van der Waals surface area contributed by atoms with Gasteiger partial charge in [0.1, 0.15) is 12.8 Å². The predicted octanol–water partition coefficient (Wildman–Crippen LogP) is 3.43. The summed E-state index contributed by atoms with van der Waals surface area (Å²) < 4.78 is 18.7. The Morgan fingerprint density at radius 3 is 2.83 bits per heavy atom. The number of aliphatic hydroxyl groups is 1. The second-order valence-electron chi connectivity index (χ2n) is 5.01. The van der Waals surface area contributed by atoms with Crippen LogP contribution in [0.15, 0.2) is 54.6 Å². The second-order valence-corrected chi connectivity index (χ2v) is 5.01. The van der Waals surface area contributed by atoms with Crippen LogP contribution in [0.5, 0.6) is 0 Å². The zero-order valence-electron chi connectivity index (χ0n) is 13.0. The third-order valence-electron chi connectivity index (χ3n) is 2.98. The summed E-state index contributed by atoms with van der Waals surface area (Å²) in [5.74, 6) is -0.944. The van der Waals surface area contributed by atoms with E-state index in [0.29, 0.717) is 5.56 Å². The van der Waals surface area contributed by atoms with Crippen molar-refractivity contribution in [3.05, 3.63) is 66.2 Å². The fraction of sp³-hybridized carbons (Fsp3) is 0.222. The van der Waals surface area contributed by atoms with Crippen molar-refractivity contribution in [1.82, 2.24) is 4.98 Å². The quantitative estimate of drug-likeness (QED) is 0.355. The molecule has 1 N–H and O–H groups in total. The first-order valence-corrected chi connectivity index (χ1v) is 7.15. The van der Waals surface area contributed by atoms with Gasteiger partial charge in [-0.15, -0.1) is 35.4 Å². The maximum atomic E-state index is 13.9. The Morgan fingerprint density at radius 2 is 2.17 bits per heavy atom. The molecule has 0 fully saturated rings. The summed E-state index contributed by atoms with van der Waals surface area (Å²) in [6.45, 7) is 0.932. The summed E-state index contributed by atoms with van der Waals surface area (Å²) in [6.07, 6.45) is 1.35. The minimum atomic E-state index is -1.33. The van der Waals surface area contributed by atoms with Crippen LogP contribution in [0.3, 0.4) is 0 Å². The molecule has 4 nitrogen and oxygen atoms in total. The molecule has 0 aliphatic rings. The van der Waals surface area contributed by atoms with E-state index < -0.39 is 12.1 Å². The van der Waals surface area contributed by atoms with Crippen molar-refractivity contribution in [2.24, 2.45) is 0 Å². The maximum Gasteiger partial charge on any atom is 0.280 e. The summed E-state index contributed by atoms with van der Waals surface area (Å²) in [4.78, 5) is 15.0. The van der Waals surface area contributed by atoms with E-state index in [-0.39, 0.29) is 38.9 Å². The molecule has 1 atom stereocenters. The number of allylic oxidation sites excluding steroid dienone is 1. The van der Waals surface area contributed by atoms with E-state index in [1.54, 1.807) is 12.3 Å². The molecule has 0 bridgehead atoms. The first-order chi connectivity index (χ1) is 11.0. The molecule has 129 valence electrons. The predicted molar refractivity (Wildman–Crippen MR) is 84.5 cm³/mol. The molecule has 0 amide bonds. The molecular formula is C18H17FIrNO3-. The molecule has 2 rings (SSSR count). The van der Waals surface area contributed by atoms with E-state index in [0.717, 1.165) is 17.3 Å². The van der Waals surface area contributed by atoms with Gasteiger partial charge in [-0.3, -0.25) is 4.79 Å². The van der Waals surface area contributed by atoms with Crippen LogP contribution in [0, 0.1) is 6.07 Å². The van der Waals surface area contributed by atoms with Crippen molar-refractivity contribution in [2.45, 2.75) is 19.5 Å². The average molecular weight is 507 g/mol. The van der Waals surface area contributed by atoms with Crippen LogP contribution in [0.25, 0.3) is 11.3 Å². The molecule has 2 aromatic rings. The van der Waals surface area contributed by atoms with Crippen molar-refractivity contribution in [3.63, 3.8) is 0 Å². The van der Waals surface area contributed by atoms with Crippen molar-refractivity contribution >= 4 is 5.78 Å². The molecule has 1 heterocycles. The molecule has 0 aliphatic carbocycles. The third-order valence-corrected chi connectivity index (χ3v) is 2.98. The zero-order chi connectivity index (χ0) is 16.7. The van der Waals surface area contributed by atoms with Crippen LogP contribution in [-0.2, 0) is 36.1 Å². The topological polar surface area (TPSA) is 59.4 Å². The van der Waals surface area contributed by atoms with Gasteiger partial charge >= 0.3 is 0 Å². The smallest absolute Gasteiger partial charge is 0.280 e. The van der Waals surface area contributed by atoms with Gasteiger partial charge in [-0.05, 0) is 25.1 Å². The van der Waals surface area contributed by atoms with Gasteiger partial charge in [-0.2, -0.15) is 0 Å². The Morgan fingerprint density at radius 1 is 1.38 bits per heavy atom. The van der Waals surface area contributed by atoms with Crippen LogP contribution < -0.4 is 0 Å². The van der Waals surface area contributed by atoms with Crippen LogP contribution >= 0.6 is 0 Å². The average Bonchev–Trinajstić information content (AvgIpc) is 2.53. The van der Waals surface area contributed by atoms with Crippen LogP contribution in [0.1, 0.15) is 12.5 Å². The van der Waals surface area contributed by atoms with Crippen LogP contribution in [0.2, 0.25) is 0 Å². The Hall–Kier alpha value is -2.04. The van der Waals surface area contributed by atoms with Crippen LogP contribution in [0.4, 0.5) is 4.39 Å². The van der Waals surface area contributed by atoms with Crippen molar-refractivity contribution in [2.75, 3.05) is 6.61 Å². The standard InChI is InChI=1S/C18H17FNO3.Ir/c1-13(21)9-18(22)23-12-16(19)11-14-5-4-6-15(10-14)17-7-2-3-8-20-17;/h2-9,16,22H,11-12H2,1H3;/q-1;/b18-9+;. The molecule has 1 radical (unpaired) electrons. The van der Waals surface area contributed by atoms with Gasteiger partial charge in [0.05, 0.1) is 6.08 Å². The molecule has 0 aliphatic heterocycles. The number of halogens is 1. The number of nitrogens with zero attached hydrogens (tertiary/aromatic N) is 1. The number of benzene rings is 1. The number of carbonyl (C=O) groups is 1. The fourth-order valence-corrected chi connectivity index (χ4v) is 2.00. The number of hydrogen-bond acceptors (Lipinski definition) is 4. The van der Waals surface area contributed by atoms with Crippen LogP contribution in [-0.4, -0.2) is 28.7 Å². The Labute approximate surface area is 153 Å². The number of rotatable bonds is 7. The van der Waals surface area contributed by atoms with Gasteiger partial charge in [0.2, 0.25) is 0 Å². The van der Waals surface area contributed by atoms with Crippen molar-refractivity contribution in [1.29, 1.82) is 0 Å². The first-order valence-electron chi connectivity index (χ1n) is 7.15. The van der Waals surface area contributed by atoms with Gasteiger partial charge in [-0.1, -0.05) is 12.1 Å². The summed E-state index contributed by atoms with van der Waals surface area (Å²) in [5.41, 5.74) is 2.23. The van der Waals surface area contributed by atoms with Gasteiger partial charge in [0.15, 0.2) is 5.78 Å². The monoisotopic (exact) mass is 507 g/mol. The van der Waals surface area contributed by atoms with Gasteiger partial charge in [0, 0.05) is 26.3 Å². The van der Waals surface area contributed by atoms with Crippen molar-refractivity contribution in [3.8, 4) is 11.3 Å². The SMILES string of the molecule is CC(=O)/C=C(\O)OCC(F)Cc1[c-]c(-c2ccccn2)ccc1.[Ir]. The Balaban J connectivity index is 0.00000288. The Kier molecular flexibility index (Phi) is 8.30. The van der Waals surface area contributed by atoms with E-state index in [2.05, 4.69) is 11.1 Å². The molecule has 0 spiro atoms. The molecule has 0 saturated carbocycles. The number of ether oxygens (including phenoxy) is 1. The fourth-order valence-electron chi connectivity index (χ4n) is 2.00. The summed E-state index contributed by atoms with van der Waals surface area (Å²) in [5, 5.41) is 9.26. The molecule has 24 heavy (non-hydrogen) atoms. The number of ketones is 1. The summed E-state index contributed by atoms with van der Waals surface area (Å²) in [7, 11) is 0. The summed E-state index contributed by atoms with van der Waals surface area (Å²) in [6, 6.07) is 14.1. The normalized spacial score (nSPS) is 12.2. The molecule has 0 saturated heterocycles. The number of pyridine rings is 1. The summed E-state index contributed by atoms with van der Waals surface area (Å²) >= 11 is 0. The van der Waals surface area contributed by atoms with Gasteiger partial charge in [0.25, 0.3) is 5.95 Å². The van der Waals surface area contributed by atoms with Crippen molar-refractivity contribution < 1.29 is 39.1 Å². The van der Waals surface area contributed by atoms with E-state index in [9.17, 15) is 14.3 Å². The van der Waals surface area contributed by atoms with E-state index >= 15 is 0 Å². The van der Waals surface area contributed by atoms with Gasteiger partial charge in [-0.25, -0.2) is 4.39 Å². The molecule has 1 aromatic carbocycles. The minimum Gasteiger partial charge on any atom is -0.481 e. The number of aromatic nitrogens is 1. The van der Waals surface area contributed by atoms with E-state index in [4.69, 9.17) is 4.74 Å². The van der Waals surface area contributed by atoms with E-state index in [1.165, 1.54) is 6.92 Å². The largest absolute Gasteiger partial charge is 0.481 e. The molecule has 1 unspecified atom stereocenters. The van der Waals surface area contributed by atoms with E-state index in [1.807, 2.05) is 30.3 Å². The minimum absolute atomic E-state index is 0. The third kappa shape index (κ3) is 6.60. The van der Waals surface area contributed by atoms with Gasteiger partial charge < -0.3 is 14.8 Å². The Bertz CT molecular complexity index is 692.